The van der Waals surface area contributed by atoms with E-state index in [9.17, 15) is 24.1 Å². The fourth-order valence-electron chi connectivity index (χ4n) is 3.70. The van der Waals surface area contributed by atoms with Crippen LogP contribution in [0, 0.1) is 0 Å². The van der Waals surface area contributed by atoms with Gasteiger partial charge in [-0.3, -0.25) is 24.3 Å². The lowest BCUT2D eigenvalue weighted by Gasteiger charge is -2.35. The first kappa shape index (κ1) is 28.0. The number of carbonyl (C=O) groups is 3. The van der Waals surface area contributed by atoms with Crippen LogP contribution in [-0.4, -0.2) is 77.3 Å². The van der Waals surface area contributed by atoms with Gasteiger partial charge in [-0.2, -0.15) is 5.09 Å². The zero-order valence-corrected chi connectivity index (χ0v) is 21.3. The van der Waals surface area contributed by atoms with Crippen molar-refractivity contribution in [2.75, 3.05) is 13.2 Å². The first-order valence-electron chi connectivity index (χ1n) is 11.4. The molecule has 0 aromatic heterocycles. The van der Waals surface area contributed by atoms with Crippen molar-refractivity contribution in [1.29, 1.82) is 0 Å². The van der Waals surface area contributed by atoms with Crippen LogP contribution in [0.15, 0.2) is 30.3 Å². The van der Waals surface area contributed by atoms with E-state index in [0.717, 1.165) is 11.8 Å². The van der Waals surface area contributed by atoms with Crippen molar-refractivity contribution < 1.29 is 47.0 Å². The Morgan fingerprint density at radius 2 is 2.00 bits per heavy atom. The molecule has 3 N–H and O–H groups in total. The number of hydrogen-bond donors (Lipinski definition) is 3. The van der Waals surface area contributed by atoms with Crippen LogP contribution in [0.3, 0.4) is 0 Å². The van der Waals surface area contributed by atoms with Gasteiger partial charge in [-0.15, -0.1) is 0 Å². The summed E-state index contributed by atoms with van der Waals surface area (Å²) in [5.74, 6) is -1.05. The van der Waals surface area contributed by atoms with Gasteiger partial charge in [0.15, 0.2) is 11.9 Å². The molecule has 3 amide bonds. The van der Waals surface area contributed by atoms with Crippen molar-refractivity contribution in [2.24, 2.45) is 0 Å². The smallest absolute Gasteiger partial charge is 0.459 e. The SMILES string of the molecule is CC(C)OC(=O)[C@@H](C)N[P@@](=O)(OC[C@H]1O[C@@H](N2CCC(=O)NC2=O)[C@](C)(F)[C@@H]1O)Oc1ccccc1. The van der Waals surface area contributed by atoms with Gasteiger partial charge in [0.05, 0.1) is 12.7 Å². The second kappa shape index (κ2) is 11.2. The quantitative estimate of drug-likeness (QED) is 0.301. The number of amides is 3. The number of nitrogens with one attached hydrogen (secondary N) is 2. The second-order valence-corrected chi connectivity index (χ2v) is 10.6. The summed E-state index contributed by atoms with van der Waals surface area (Å²) < 4.78 is 50.7. The van der Waals surface area contributed by atoms with Crippen LogP contribution in [0.1, 0.15) is 34.1 Å². The maximum atomic E-state index is 15.5. The van der Waals surface area contributed by atoms with Crippen LogP contribution in [0.2, 0.25) is 0 Å². The Morgan fingerprint density at radius 1 is 1.33 bits per heavy atom. The molecule has 0 radical (unpaired) electrons. The molecule has 1 aromatic carbocycles. The minimum Gasteiger partial charge on any atom is -0.462 e. The average Bonchev–Trinajstić information content (AvgIpc) is 3.01. The van der Waals surface area contributed by atoms with Crippen molar-refractivity contribution in [3.8, 4) is 5.75 Å². The first-order valence-corrected chi connectivity index (χ1v) is 13.0. The maximum Gasteiger partial charge on any atom is 0.459 e. The third-order valence-corrected chi connectivity index (χ3v) is 7.17. The normalized spacial score (nSPS) is 29.0. The highest BCUT2D eigenvalue weighted by atomic mass is 31.2. The molecule has 2 fully saturated rings. The summed E-state index contributed by atoms with van der Waals surface area (Å²) in [6.07, 6.45) is -5.14. The number of imide groups is 1. The summed E-state index contributed by atoms with van der Waals surface area (Å²) in [7, 11) is -4.29. The number of esters is 1. The van der Waals surface area contributed by atoms with Crippen LogP contribution < -0.4 is 14.9 Å². The molecule has 1 aromatic rings. The Kier molecular flexibility index (Phi) is 8.73. The molecule has 3 rings (SSSR count). The molecule has 12 nitrogen and oxygen atoms in total. The number of ether oxygens (including phenoxy) is 2. The van der Waals surface area contributed by atoms with E-state index in [1.165, 1.54) is 19.1 Å². The Morgan fingerprint density at radius 3 is 2.61 bits per heavy atom. The van der Waals surface area contributed by atoms with Crippen LogP contribution in [0.4, 0.5) is 9.18 Å². The zero-order chi connectivity index (χ0) is 26.7. The van der Waals surface area contributed by atoms with E-state index in [4.69, 9.17) is 18.5 Å². The molecule has 0 saturated carbocycles. The van der Waals surface area contributed by atoms with E-state index in [-0.39, 0.29) is 18.7 Å². The van der Waals surface area contributed by atoms with Crippen LogP contribution >= 0.6 is 7.75 Å². The summed E-state index contributed by atoms with van der Waals surface area (Å²) in [5, 5.41) is 15.1. The van der Waals surface area contributed by atoms with E-state index >= 15 is 4.39 Å². The highest BCUT2D eigenvalue weighted by Crippen LogP contribution is 2.46. The monoisotopic (exact) mass is 531 g/mol. The Bertz CT molecular complexity index is 1010. The Hall–Kier alpha value is -2.57. The number of hydrogen-bond acceptors (Lipinski definition) is 9. The van der Waals surface area contributed by atoms with Gasteiger partial charge in [-0.1, -0.05) is 18.2 Å². The van der Waals surface area contributed by atoms with Crippen molar-refractivity contribution >= 4 is 25.7 Å². The Balaban J connectivity index is 1.74. The highest BCUT2D eigenvalue weighted by molar-refractivity contribution is 7.52. The van der Waals surface area contributed by atoms with Gasteiger partial charge in [0.1, 0.15) is 24.0 Å². The van der Waals surface area contributed by atoms with E-state index in [1.54, 1.807) is 32.0 Å². The topological polar surface area (TPSA) is 153 Å². The number of rotatable bonds is 10. The minimum absolute atomic E-state index is 0.0622. The molecule has 2 heterocycles. The number of para-hydroxylation sites is 1. The Labute approximate surface area is 208 Å². The summed E-state index contributed by atoms with van der Waals surface area (Å²) in [6, 6.07) is 6.04. The van der Waals surface area contributed by atoms with Gasteiger partial charge < -0.3 is 19.1 Å². The van der Waals surface area contributed by atoms with E-state index < -0.39 is 68.5 Å². The van der Waals surface area contributed by atoms with Gasteiger partial charge in [-0.25, -0.2) is 13.8 Å². The zero-order valence-electron chi connectivity index (χ0n) is 20.4. The largest absolute Gasteiger partial charge is 0.462 e. The third-order valence-electron chi connectivity index (χ3n) is 5.52. The van der Waals surface area contributed by atoms with Crippen molar-refractivity contribution in [3.63, 3.8) is 0 Å². The number of aliphatic hydroxyl groups excluding tert-OH is 1. The predicted octanol–water partition coefficient (Wildman–Crippen LogP) is 1.88. The lowest BCUT2D eigenvalue weighted by molar-refractivity contribution is -0.149. The van der Waals surface area contributed by atoms with Gasteiger partial charge in [0.2, 0.25) is 5.91 Å². The number of carbonyl (C=O) groups excluding carboxylic acids is 3. The van der Waals surface area contributed by atoms with Crippen molar-refractivity contribution in [1.82, 2.24) is 15.3 Å². The van der Waals surface area contributed by atoms with Crippen molar-refractivity contribution in [3.05, 3.63) is 30.3 Å². The number of urea groups is 1. The predicted molar refractivity (Wildman–Crippen MR) is 123 cm³/mol. The minimum atomic E-state index is -4.29. The lowest BCUT2D eigenvalue weighted by Crippen LogP contribution is -2.59. The number of benzene rings is 1. The standard InChI is InChI=1S/C22H31FN3O9P/c1-13(2)33-19(29)14(3)25-36(31,35-15-8-6-5-7-9-15)32-12-16-18(28)22(4,23)20(34-16)26-11-10-17(27)24-21(26)30/h5-9,13-14,16,18,20,28H,10-12H2,1-4H3,(H,25,31)(H,24,27,30)/t14-,16-,18-,20-,22-,36-/m1/s1. The summed E-state index contributed by atoms with van der Waals surface area (Å²) in [6.45, 7) is 5.04. The molecule has 2 saturated heterocycles. The maximum absolute atomic E-state index is 15.5. The van der Waals surface area contributed by atoms with Gasteiger partial charge in [0.25, 0.3) is 0 Å². The van der Waals surface area contributed by atoms with Crippen LogP contribution in [0.25, 0.3) is 0 Å². The highest BCUT2D eigenvalue weighted by Gasteiger charge is 2.58. The fourth-order valence-corrected chi connectivity index (χ4v) is 5.20. The molecule has 14 heteroatoms. The van der Waals surface area contributed by atoms with Crippen molar-refractivity contribution in [2.45, 2.75) is 70.4 Å². The van der Waals surface area contributed by atoms with Gasteiger partial charge >= 0.3 is 19.7 Å². The summed E-state index contributed by atoms with van der Waals surface area (Å²) in [4.78, 5) is 36.8. The summed E-state index contributed by atoms with van der Waals surface area (Å²) >= 11 is 0. The third kappa shape index (κ3) is 6.60. The van der Waals surface area contributed by atoms with E-state index in [0.29, 0.717) is 0 Å². The molecule has 0 unspecified atom stereocenters. The molecule has 36 heavy (non-hydrogen) atoms. The van der Waals surface area contributed by atoms with E-state index in [2.05, 4.69) is 10.4 Å². The average molecular weight is 531 g/mol. The van der Waals surface area contributed by atoms with Crippen LogP contribution in [0.5, 0.6) is 5.75 Å². The number of alkyl halides is 1. The van der Waals surface area contributed by atoms with Gasteiger partial charge in [0, 0.05) is 13.0 Å². The molecule has 0 spiro atoms. The second-order valence-electron chi connectivity index (χ2n) is 8.95. The molecular formula is C22H31FN3O9P. The lowest BCUT2D eigenvalue weighted by atomic mass is 9.97. The summed E-state index contributed by atoms with van der Waals surface area (Å²) in [5.41, 5.74) is -2.43. The number of nitrogens with zero attached hydrogens (tertiary/aromatic N) is 1. The molecular weight excluding hydrogens is 500 g/mol. The van der Waals surface area contributed by atoms with E-state index in [1.807, 2.05) is 0 Å². The molecule has 2 aliphatic heterocycles. The molecule has 0 bridgehead atoms. The van der Waals surface area contributed by atoms with Crippen LogP contribution in [-0.2, 0) is 28.2 Å². The molecule has 2 aliphatic rings. The molecule has 0 aliphatic carbocycles. The number of halogens is 1. The first-order chi connectivity index (χ1) is 16.8. The fraction of sp³-hybridized carbons (Fsp3) is 0.591. The molecule has 200 valence electrons. The molecule has 6 atom stereocenters. The van der Waals surface area contributed by atoms with Gasteiger partial charge in [-0.05, 0) is 39.8 Å². The number of aliphatic hydroxyl groups is 1.